The lowest BCUT2D eigenvalue weighted by Gasteiger charge is -2.11. The summed E-state index contributed by atoms with van der Waals surface area (Å²) < 4.78 is 1.98. The van der Waals surface area contributed by atoms with E-state index < -0.39 is 0 Å². The Morgan fingerprint density at radius 1 is 1.15 bits per heavy atom. The van der Waals surface area contributed by atoms with Gasteiger partial charge in [-0.3, -0.25) is 4.98 Å². The van der Waals surface area contributed by atoms with Crippen molar-refractivity contribution < 1.29 is 9.79 Å². The summed E-state index contributed by atoms with van der Waals surface area (Å²) >= 11 is 13.9. The van der Waals surface area contributed by atoms with Gasteiger partial charge in [0.05, 0.1) is 6.61 Å². The SMILES string of the molecule is CC(C)[N+]1=C(Sc2cc(Cl)cc(Cl)c2)C(Cc2ccncc2)C(CO)=N1. The molecule has 0 amide bonds. The van der Waals surface area contributed by atoms with Crippen molar-refractivity contribution >= 4 is 45.7 Å². The zero-order valence-corrected chi connectivity index (χ0v) is 16.9. The molecule has 2 aromatic rings. The Kier molecular flexibility index (Phi) is 6.35. The fourth-order valence-corrected chi connectivity index (χ4v) is 4.83. The van der Waals surface area contributed by atoms with Crippen LogP contribution in [-0.2, 0) is 6.42 Å². The molecule has 1 aliphatic rings. The van der Waals surface area contributed by atoms with Gasteiger partial charge in [-0.1, -0.05) is 27.9 Å². The van der Waals surface area contributed by atoms with Crippen LogP contribution in [-0.4, -0.2) is 38.2 Å². The predicted octanol–water partition coefficient (Wildman–Crippen LogP) is 4.52. The van der Waals surface area contributed by atoms with Gasteiger partial charge in [0.15, 0.2) is 6.04 Å². The number of pyridine rings is 1. The molecule has 4 nitrogen and oxygen atoms in total. The van der Waals surface area contributed by atoms with E-state index in [1.807, 2.05) is 28.9 Å². The number of thioether (sulfide) groups is 1. The summed E-state index contributed by atoms with van der Waals surface area (Å²) in [6.07, 6.45) is 4.31. The average molecular weight is 409 g/mol. The number of aliphatic hydroxyl groups is 1. The Balaban J connectivity index is 1.97. The summed E-state index contributed by atoms with van der Waals surface area (Å²) in [6, 6.07) is 9.67. The number of rotatable bonds is 5. The molecule has 2 heterocycles. The van der Waals surface area contributed by atoms with Gasteiger partial charge in [0.25, 0.3) is 5.04 Å². The van der Waals surface area contributed by atoms with Crippen LogP contribution in [0.25, 0.3) is 0 Å². The Labute approximate surface area is 167 Å². The van der Waals surface area contributed by atoms with Gasteiger partial charge in [-0.05, 0) is 73.0 Å². The highest BCUT2D eigenvalue weighted by molar-refractivity contribution is 8.13. The second-order valence-corrected chi connectivity index (χ2v) is 8.31. The number of hydrazone groups is 1. The second kappa shape index (κ2) is 8.53. The maximum absolute atomic E-state index is 9.85. The van der Waals surface area contributed by atoms with Crippen molar-refractivity contribution in [3.05, 3.63) is 58.3 Å². The van der Waals surface area contributed by atoms with Gasteiger partial charge in [0.1, 0.15) is 11.6 Å². The van der Waals surface area contributed by atoms with Crippen LogP contribution in [0.1, 0.15) is 19.4 Å². The number of aliphatic hydroxyl groups excluding tert-OH is 1. The first kappa shape index (κ1) is 19.4. The molecular weight excluding hydrogens is 389 g/mol. The van der Waals surface area contributed by atoms with E-state index in [9.17, 15) is 5.11 Å². The third-order valence-corrected chi connectivity index (χ3v) is 5.65. The molecule has 0 fully saturated rings. The first-order valence-corrected chi connectivity index (χ1v) is 9.92. The van der Waals surface area contributed by atoms with Gasteiger partial charge >= 0.3 is 0 Å². The van der Waals surface area contributed by atoms with E-state index >= 15 is 0 Å². The number of benzene rings is 1. The monoisotopic (exact) mass is 408 g/mol. The van der Waals surface area contributed by atoms with Crippen molar-refractivity contribution in [1.82, 2.24) is 4.98 Å². The largest absolute Gasteiger partial charge is 0.390 e. The first-order chi connectivity index (χ1) is 12.5. The summed E-state index contributed by atoms with van der Waals surface area (Å²) in [5.41, 5.74) is 1.92. The molecule has 0 spiro atoms. The molecule has 1 aliphatic heterocycles. The highest BCUT2D eigenvalue weighted by Crippen LogP contribution is 2.33. The van der Waals surface area contributed by atoms with E-state index in [4.69, 9.17) is 23.2 Å². The predicted molar refractivity (Wildman–Crippen MR) is 109 cm³/mol. The molecule has 26 heavy (non-hydrogen) atoms. The highest BCUT2D eigenvalue weighted by atomic mass is 35.5. The van der Waals surface area contributed by atoms with Crippen molar-refractivity contribution in [3.8, 4) is 0 Å². The second-order valence-electron chi connectivity index (χ2n) is 6.35. The highest BCUT2D eigenvalue weighted by Gasteiger charge is 2.39. The number of hydrogen-bond acceptors (Lipinski definition) is 4. The molecule has 1 atom stereocenters. The van der Waals surface area contributed by atoms with Crippen LogP contribution in [0.3, 0.4) is 0 Å². The molecule has 1 aromatic heterocycles. The van der Waals surface area contributed by atoms with Crippen LogP contribution in [0.5, 0.6) is 0 Å². The minimum Gasteiger partial charge on any atom is -0.390 e. The molecule has 7 heteroatoms. The lowest BCUT2D eigenvalue weighted by molar-refractivity contribution is -0.559. The molecular formula is C19H20Cl2N3OS+. The van der Waals surface area contributed by atoms with Crippen LogP contribution >= 0.6 is 35.0 Å². The number of halogens is 2. The van der Waals surface area contributed by atoms with E-state index in [0.29, 0.717) is 10.0 Å². The zero-order chi connectivity index (χ0) is 18.7. The van der Waals surface area contributed by atoms with Gasteiger partial charge in [0.2, 0.25) is 0 Å². The Morgan fingerprint density at radius 3 is 2.38 bits per heavy atom. The van der Waals surface area contributed by atoms with Crippen molar-refractivity contribution in [2.45, 2.75) is 31.2 Å². The third kappa shape index (κ3) is 4.46. The fraction of sp³-hybridized carbons (Fsp3) is 0.316. The molecule has 0 bridgehead atoms. The lowest BCUT2D eigenvalue weighted by Crippen LogP contribution is -2.26. The van der Waals surface area contributed by atoms with Crippen LogP contribution in [0, 0.1) is 5.92 Å². The van der Waals surface area contributed by atoms with E-state index in [1.54, 1.807) is 30.2 Å². The summed E-state index contributed by atoms with van der Waals surface area (Å²) in [5.74, 6) is 0.00700. The fourth-order valence-electron chi connectivity index (χ4n) is 2.86. The van der Waals surface area contributed by atoms with Crippen molar-refractivity contribution in [3.63, 3.8) is 0 Å². The Morgan fingerprint density at radius 2 is 1.81 bits per heavy atom. The molecule has 136 valence electrons. The molecule has 0 saturated carbocycles. The molecule has 0 aliphatic carbocycles. The van der Waals surface area contributed by atoms with Crippen LogP contribution < -0.4 is 0 Å². The van der Waals surface area contributed by atoms with Gasteiger partial charge in [-0.2, -0.15) is 0 Å². The minimum absolute atomic E-state index is 0.00700. The van der Waals surface area contributed by atoms with Crippen molar-refractivity contribution in [1.29, 1.82) is 0 Å². The van der Waals surface area contributed by atoms with Gasteiger partial charge in [0, 0.05) is 27.3 Å². The number of aromatic nitrogens is 1. The normalized spacial score (nSPS) is 17.2. The average Bonchev–Trinajstić information content (AvgIpc) is 2.93. The molecule has 1 unspecified atom stereocenters. The van der Waals surface area contributed by atoms with Crippen LogP contribution in [0.15, 0.2) is 52.7 Å². The van der Waals surface area contributed by atoms with E-state index in [1.165, 1.54) is 0 Å². The van der Waals surface area contributed by atoms with E-state index in [0.717, 1.165) is 27.6 Å². The lowest BCUT2D eigenvalue weighted by atomic mass is 9.97. The summed E-state index contributed by atoms with van der Waals surface area (Å²) in [7, 11) is 0. The van der Waals surface area contributed by atoms with Gasteiger partial charge in [-0.15, -0.1) is 0 Å². The molecule has 0 radical (unpaired) electrons. The smallest absolute Gasteiger partial charge is 0.256 e. The minimum atomic E-state index is -0.0701. The van der Waals surface area contributed by atoms with Crippen LogP contribution in [0.2, 0.25) is 10.0 Å². The van der Waals surface area contributed by atoms with E-state index in [2.05, 4.69) is 23.9 Å². The first-order valence-electron chi connectivity index (χ1n) is 8.35. The van der Waals surface area contributed by atoms with Crippen LogP contribution in [0.4, 0.5) is 0 Å². The topological polar surface area (TPSA) is 48.5 Å². The molecule has 0 saturated heterocycles. The number of nitrogens with zero attached hydrogens (tertiary/aromatic N) is 3. The molecule has 1 N–H and O–H groups in total. The maximum Gasteiger partial charge on any atom is 0.256 e. The maximum atomic E-state index is 9.85. The zero-order valence-electron chi connectivity index (χ0n) is 14.6. The van der Waals surface area contributed by atoms with Gasteiger partial charge < -0.3 is 5.11 Å². The van der Waals surface area contributed by atoms with E-state index in [-0.39, 0.29) is 18.6 Å². The van der Waals surface area contributed by atoms with Crippen molar-refractivity contribution in [2.75, 3.05) is 6.61 Å². The summed E-state index contributed by atoms with van der Waals surface area (Å²) in [4.78, 5) is 5.03. The Bertz CT molecular complexity index is 833. The standard InChI is InChI=1S/C19H20Cl2N3OS/c1-12(2)24-19(26-16-9-14(20)8-15(21)10-16)17(18(11-25)23-24)7-13-3-5-22-6-4-13/h3-6,8-10,12,17,25H,7,11H2,1-2H3/q+1. The molecule has 1 aromatic carbocycles. The molecule has 3 rings (SSSR count). The third-order valence-electron chi connectivity index (χ3n) is 4.06. The number of hydrogen-bond donors (Lipinski definition) is 1. The van der Waals surface area contributed by atoms with Crippen molar-refractivity contribution in [2.24, 2.45) is 11.0 Å². The summed E-state index contributed by atoms with van der Waals surface area (Å²) in [5, 5.41) is 16.8. The Hall–Kier alpha value is -1.40. The van der Waals surface area contributed by atoms with Gasteiger partial charge in [-0.25, -0.2) is 0 Å². The summed E-state index contributed by atoms with van der Waals surface area (Å²) in [6.45, 7) is 4.09. The quantitative estimate of drug-likeness (QED) is 0.739.